The van der Waals surface area contributed by atoms with Gasteiger partial charge < -0.3 is 21.1 Å². The average Bonchev–Trinajstić information content (AvgIpc) is 3.27. The summed E-state index contributed by atoms with van der Waals surface area (Å²) in [7, 11) is 0. The Morgan fingerprint density at radius 1 is 1.43 bits per heavy atom. The van der Waals surface area contributed by atoms with Gasteiger partial charge in [-0.3, -0.25) is 4.79 Å². The Bertz CT molecular complexity index is 473. The maximum Gasteiger partial charge on any atom is 0.253 e. The number of benzene rings is 1. The molecule has 116 valence electrons. The minimum Gasteiger partial charge on any atom is -0.399 e. The highest BCUT2D eigenvalue weighted by molar-refractivity contribution is 6.00. The first-order valence-electron chi connectivity index (χ1n) is 7.70. The third-order valence-corrected chi connectivity index (χ3v) is 3.46. The average molecular weight is 291 g/mol. The number of nitrogens with two attached hydrogens (primary N) is 1. The summed E-state index contributed by atoms with van der Waals surface area (Å²) in [4.78, 5) is 12.0. The van der Waals surface area contributed by atoms with Gasteiger partial charge in [0.25, 0.3) is 5.91 Å². The van der Waals surface area contributed by atoms with E-state index in [0.29, 0.717) is 17.8 Å². The molecule has 21 heavy (non-hydrogen) atoms. The lowest BCUT2D eigenvalue weighted by Gasteiger charge is -2.12. The number of hydrogen-bond acceptors (Lipinski definition) is 4. The Morgan fingerprint density at radius 2 is 2.24 bits per heavy atom. The maximum absolute atomic E-state index is 12.0. The van der Waals surface area contributed by atoms with Gasteiger partial charge in [-0.25, -0.2) is 0 Å². The SMILES string of the molecule is CCNC(=O)c1ccc(N)cc1NCCCOCC1CC1. The van der Waals surface area contributed by atoms with E-state index in [1.54, 1.807) is 18.2 Å². The van der Waals surface area contributed by atoms with Crippen LogP contribution in [0.25, 0.3) is 0 Å². The molecule has 1 aromatic rings. The molecular weight excluding hydrogens is 266 g/mol. The van der Waals surface area contributed by atoms with Gasteiger partial charge in [0, 0.05) is 37.7 Å². The summed E-state index contributed by atoms with van der Waals surface area (Å²) in [6, 6.07) is 5.30. The highest BCUT2D eigenvalue weighted by atomic mass is 16.5. The quantitative estimate of drug-likeness (QED) is 0.482. The third kappa shape index (κ3) is 5.27. The Kier molecular flexibility index (Phi) is 5.87. The monoisotopic (exact) mass is 291 g/mol. The van der Waals surface area contributed by atoms with Crippen LogP contribution in [0.1, 0.15) is 36.5 Å². The molecule has 0 spiro atoms. The first-order valence-corrected chi connectivity index (χ1v) is 7.70. The zero-order valence-corrected chi connectivity index (χ0v) is 12.7. The van der Waals surface area contributed by atoms with Gasteiger partial charge in [-0.05, 0) is 50.3 Å². The summed E-state index contributed by atoms with van der Waals surface area (Å²) < 4.78 is 5.59. The lowest BCUT2D eigenvalue weighted by atomic mass is 10.1. The van der Waals surface area contributed by atoms with Crippen molar-refractivity contribution < 1.29 is 9.53 Å². The number of hydrogen-bond donors (Lipinski definition) is 3. The fourth-order valence-corrected chi connectivity index (χ4v) is 2.09. The Labute approximate surface area is 126 Å². The van der Waals surface area contributed by atoms with Crippen molar-refractivity contribution in [1.29, 1.82) is 0 Å². The van der Waals surface area contributed by atoms with Crippen LogP contribution < -0.4 is 16.4 Å². The number of carbonyl (C=O) groups is 1. The first kappa shape index (κ1) is 15.6. The van der Waals surface area contributed by atoms with Crippen molar-refractivity contribution in [2.75, 3.05) is 37.4 Å². The van der Waals surface area contributed by atoms with Crippen LogP contribution in [0.4, 0.5) is 11.4 Å². The lowest BCUT2D eigenvalue weighted by Crippen LogP contribution is -2.24. The highest BCUT2D eigenvalue weighted by Crippen LogP contribution is 2.28. The summed E-state index contributed by atoms with van der Waals surface area (Å²) in [5.74, 6) is 0.723. The predicted octanol–water partition coefficient (Wildman–Crippen LogP) is 2.25. The summed E-state index contributed by atoms with van der Waals surface area (Å²) in [5.41, 5.74) is 7.86. The van der Waals surface area contributed by atoms with Gasteiger partial charge in [-0.1, -0.05) is 0 Å². The van der Waals surface area contributed by atoms with Crippen LogP contribution in [0.3, 0.4) is 0 Å². The molecule has 0 aromatic heterocycles. The van der Waals surface area contributed by atoms with Crippen LogP contribution in [0.15, 0.2) is 18.2 Å². The molecule has 1 saturated carbocycles. The molecule has 0 radical (unpaired) electrons. The molecule has 1 fully saturated rings. The molecule has 0 atom stereocenters. The Balaban J connectivity index is 1.79. The fourth-order valence-electron chi connectivity index (χ4n) is 2.09. The molecule has 0 unspecified atom stereocenters. The summed E-state index contributed by atoms with van der Waals surface area (Å²) in [6.45, 7) is 4.92. The van der Waals surface area contributed by atoms with Crippen molar-refractivity contribution in [2.24, 2.45) is 5.92 Å². The molecular formula is C16H25N3O2. The number of anilines is 2. The van der Waals surface area contributed by atoms with Crippen molar-refractivity contribution in [3.8, 4) is 0 Å². The minimum absolute atomic E-state index is 0.0787. The van der Waals surface area contributed by atoms with Gasteiger partial charge in [0.05, 0.1) is 5.56 Å². The number of rotatable bonds is 9. The molecule has 1 aliphatic carbocycles. The van der Waals surface area contributed by atoms with E-state index in [1.165, 1.54) is 12.8 Å². The summed E-state index contributed by atoms with van der Waals surface area (Å²) >= 11 is 0. The zero-order chi connectivity index (χ0) is 15.1. The van der Waals surface area contributed by atoms with E-state index in [9.17, 15) is 4.79 Å². The van der Waals surface area contributed by atoms with E-state index in [4.69, 9.17) is 10.5 Å². The summed E-state index contributed by atoms with van der Waals surface area (Å²) in [5, 5.41) is 6.08. The van der Waals surface area contributed by atoms with E-state index >= 15 is 0 Å². The highest BCUT2D eigenvalue weighted by Gasteiger charge is 2.20. The Hall–Kier alpha value is -1.75. The van der Waals surface area contributed by atoms with Crippen molar-refractivity contribution in [3.63, 3.8) is 0 Å². The van der Waals surface area contributed by atoms with Gasteiger partial charge in [0.1, 0.15) is 0 Å². The van der Waals surface area contributed by atoms with Crippen molar-refractivity contribution in [3.05, 3.63) is 23.8 Å². The molecule has 1 aromatic carbocycles. The number of ether oxygens (including phenoxy) is 1. The van der Waals surface area contributed by atoms with Crippen molar-refractivity contribution in [2.45, 2.75) is 26.2 Å². The van der Waals surface area contributed by atoms with Crippen molar-refractivity contribution in [1.82, 2.24) is 5.32 Å². The standard InChI is InChI=1S/C16H25N3O2/c1-2-18-16(20)14-7-6-13(17)10-15(14)19-8-3-9-21-11-12-4-5-12/h6-7,10,12,19H,2-5,8-9,11,17H2,1H3,(H,18,20). The molecule has 0 bridgehead atoms. The topological polar surface area (TPSA) is 76.4 Å². The normalized spacial score (nSPS) is 14.0. The van der Waals surface area contributed by atoms with Gasteiger partial charge in [-0.2, -0.15) is 0 Å². The fraction of sp³-hybridized carbons (Fsp3) is 0.562. The van der Waals surface area contributed by atoms with Crippen LogP contribution >= 0.6 is 0 Å². The maximum atomic E-state index is 12.0. The number of nitrogens with one attached hydrogen (secondary N) is 2. The second kappa shape index (κ2) is 7.88. The van der Waals surface area contributed by atoms with E-state index in [-0.39, 0.29) is 5.91 Å². The minimum atomic E-state index is -0.0787. The number of amides is 1. The Morgan fingerprint density at radius 3 is 2.95 bits per heavy atom. The second-order valence-corrected chi connectivity index (χ2v) is 5.46. The van der Waals surface area contributed by atoms with E-state index in [1.807, 2.05) is 6.92 Å². The van der Waals surface area contributed by atoms with Gasteiger partial charge in [0.2, 0.25) is 0 Å². The molecule has 0 saturated heterocycles. The van der Waals surface area contributed by atoms with E-state index < -0.39 is 0 Å². The molecule has 4 N–H and O–H groups in total. The number of nitrogen functional groups attached to an aromatic ring is 1. The molecule has 5 nitrogen and oxygen atoms in total. The molecule has 1 amide bonds. The van der Waals surface area contributed by atoms with E-state index in [0.717, 1.165) is 37.8 Å². The smallest absolute Gasteiger partial charge is 0.253 e. The van der Waals surface area contributed by atoms with Crippen LogP contribution in [0.2, 0.25) is 0 Å². The molecule has 2 rings (SSSR count). The van der Waals surface area contributed by atoms with Gasteiger partial charge in [0.15, 0.2) is 0 Å². The van der Waals surface area contributed by atoms with Crippen LogP contribution in [0.5, 0.6) is 0 Å². The lowest BCUT2D eigenvalue weighted by molar-refractivity contribution is 0.0956. The van der Waals surface area contributed by atoms with Crippen LogP contribution in [-0.4, -0.2) is 32.2 Å². The molecule has 0 heterocycles. The second-order valence-electron chi connectivity index (χ2n) is 5.46. The van der Waals surface area contributed by atoms with Gasteiger partial charge in [-0.15, -0.1) is 0 Å². The predicted molar refractivity (Wildman–Crippen MR) is 85.5 cm³/mol. The van der Waals surface area contributed by atoms with Crippen LogP contribution in [0, 0.1) is 5.92 Å². The first-order chi connectivity index (χ1) is 10.2. The molecule has 1 aliphatic rings. The molecule has 0 aliphatic heterocycles. The van der Waals surface area contributed by atoms with Crippen molar-refractivity contribution >= 4 is 17.3 Å². The van der Waals surface area contributed by atoms with Crippen LogP contribution in [-0.2, 0) is 4.74 Å². The molecule has 5 heteroatoms. The summed E-state index contributed by atoms with van der Waals surface area (Å²) in [6.07, 6.45) is 3.55. The number of carbonyl (C=O) groups excluding carboxylic acids is 1. The third-order valence-electron chi connectivity index (χ3n) is 3.46. The zero-order valence-electron chi connectivity index (χ0n) is 12.7. The largest absolute Gasteiger partial charge is 0.399 e. The van der Waals surface area contributed by atoms with E-state index in [2.05, 4.69) is 10.6 Å². The van der Waals surface area contributed by atoms with Gasteiger partial charge >= 0.3 is 0 Å².